The zero-order chi connectivity index (χ0) is 11.6. The number of hydrogen-bond acceptors (Lipinski definition) is 3. The molecule has 0 atom stereocenters. The molecule has 1 rings (SSSR count). The molecule has 4 nitrogen and oxygen atoms in total. The predicted octanol–water partition coefficient (Wildman–Crippen LogP) is 1.28. The molecule has 0 saturated heterocycles. The first-order valence-electron chi connectivity index (χ1n) is 3.75. The highest BCUT2D eigenvalue weighted by atomic mass is 19.2. The molecule has 0 saturated carbocycles. The summed E-state index contributed by atoms with van der Waals surface area (Å²) < 4.78 is 39.0. The molecule has 0 radical (unpaired) electrons. The van der Waals surface area contributed by atoms with Gasteiger partial charge in [0.15, 0.2) is 11.6 Å². The van der Waals surface area contributed by atoms with Crippen LogP contribution in [0.1, 0.15) is 15.9 Å². The SMILES string of the molecule is O=C(O)c1c(F)cc(CNO)c(F)c1F. The standard InChI is InChI=1S/C8H6F3NO3/c9-4-1-3(2-12-15)6(10)7(11)5(4)8(13)14/h1,12,15H,2H2,(H,13,14). The van der Waals surface area contributed by atoms with Gasteiger partial charge < -0.3 is 10.3 Å². The quantitative estimate of drug-likeness (QED) is 0.531. The average molecular weight is 221 g/mol. The molecule has 0 aliphatic heterocycles. The van der Waals surface area contributed by atoms with E-state index in [1.54, 1.807) is 0 Å². The number of aromatic carboxylic acids is 1. The van der Waals surface area contributed by atoms with Crippen molar-refractivity contribution in [3.05, 3.63) is 34.6 Å². The third-order valence-corrected chi connectivity index (χ3v) is 1.72. The van der Waals surface area contributed by atoms with Crippen molar-refractivity contribution in [3.8, 4) is 0 Å². The van der Waals surface area contributed by atoms with Crippen LogP contribution in [0.15, 0.2) is 6.07 Å². The zero-order valence-electron chi connectivity index (χ0n) is 7.22. The Kier molecular flexibility index (Phi) is 3.28. The second-order valence-electron chi connectivity index (χ2n) is 2.66. The Hall–Kier alpha value is -1.60. The fraction of sp³-hybridized carbons (Fsp3) is 0.125. The Balaban J connectivity index is 3.37. The fourth-order valence-electron chi connectivity index (χ4n) is 1.05. The lowest BCUT2D eigenvalue weighted by Crippen LogP contribution is -2.13. The normalized spacial score (nSPS) is 10.4. The van der Waals surface area contributed by atoms with Gasteiger partial charge in [-0.25, -0.2) is 23.4 Å². The third-order valence-electron chi connectivity index (χ3n) is 1.72. The van der Waals surface area contributed by atoms with Crippen LogP contribution in [0.4, 0.5) is 13.2 Å². The second kappa shape index (κ2) is 4.28. The van der Waals surface area contributed by atoms with Crippen LogP contribution in [0.25, 0.3) is 0 Å². The van der Waals surface area contributed by atoms with Crippen LogP contribution < -0.4 is 5.48 Å². The number of carboxylic acid groups (broad SMARTS) is 1. The molecule has 0 bridgehead atoms. The first-order chi connectivity index (χ1) is 6.99. The molecule has 0 spiro atoms. The second-order valence-corrected chi connectivity index (χ2v) is 2.66. The molecule has 0 aliphatic carbocycles. The molecule has 0 fully saturated rings. The highest BCUT2D eigenvalue weighted by Gasteiger charge is 2.23. The van der Waals surface area contributed by atoms with Gasteiger partial charge in [-0.15, -0.1) is 0 Å². The van der Waals surface area contributed by atoms with Gasteiger partial charge in [-0.2, -0.15) is 0 Å². The third kappa shape index (κ3) is 2.08. The van der Waals surface area contributed by atoms with Crippen molar-refractivity contribution in [2.45, 2.75) is 6.54 Å². The van der Waals surface area contributed by atoms with E-state index in [9.17, 15) is 18.0 Å². The van der Waals surface area contributed by atoms with E-state index in [0.29, 0.717) is 6.07 Å². The van der Waals surface area contributed by atoms with Gasteiger partial charge in [0.25, 0.3) is 0 Å². The van der Waals surface area contributed by atoms with Crippen molar-refractivity contribution in [2.24, 2.45) is 0 Å². The molecule has 3 N–H and O–H groups in total. The van der Waals surface area contributed by atoms with Crippen molar-refractivity contribution in [1.29, 1.82) is 0 Å². The van der Waals surface area contributed by atoms with Crippen LogP contribution in [0.5, 0.6) is 0 Å². The molecule has 1 aromatic rings. The van der Waals surface area contributed by atoms with Crippen molar-refractivity contribution in [3.63, 3.8) is 0 Å². The maximum atomic E-state index is 13.0. The Labute approximate surface area is 81.9 Å². The Morgan fingerprint density at radius 2 is 1.93 bits per heavy atom. The van der Waals surface area contributed by atoms with Crippen molar-refractivity contribution >= 4 is 5.97 Å². The molecular formula is C8H6F3NO3. The summed E-state index contributed by atoms with van der Waals surface area (Å²) in [5.41, 5.74) is -0.348. The van der Waals surface area contributed by atoms with Gasteiger partial charge in [0.2, 0.25) is 0 Å². The van der Waals surface area contributed by atoms with Gasteiger partial charge in [0, 0.05) is 12.1 Å². The number of nitrogens with one attached hydrogen (secondary N) is 1. The first-order valence-corrected chi connectivity index (χ1v) is 3.75. The van der Waals surface area contributed by atoms with Crippen LogP contribution in [-0.4, -0.2) is 16.3 Å². The molecule has 0 unspecified atom stereocenters. The molecule has 0 amide bonds. The lowest BCUT2D eigenvalue weighted by Gasteiger charge is -2.06. The summed E-state index contributed by atoms with van der Waals surface area (Å²) in [7, 11) is 0. The van der Waals surface area contributed by atoms with Gasteiger partial charge in [-0.05, 0) is 6.07 Å². The average Bonchev–Trinajstić information content (AvgIpc) is 2.13. The molecule has 0 aromatic heterocycles. The zero-order valence-corrected chi connectivity index (χ0v) is 7.22. The van der Waals surface area contributed by atoms with Gasteiger partial charge in [0.1, 0.15) is 11.4 Å². The van der Waals surface area contributed by atoms with Crippen molar-refractivity contribution < 1.29 is 28.3 Å². The maximum absolute atomic E-state index is 13.0. The predicted molar refractivity (Wildman–Crippen MR) is 41.9 cm³/mol. The van der Waals surface area contributed by atoms with Gasteiger partial charge >= 0.3 is 5.97 Å². The van der Waals surface area contributed by atoms with Gasteiger partial charge in [-0.1, -0.05) is 0 Å². The van der Waals surface area contributed by atoms with Crippen molar-refractivity contribution in [1.82, 2.24) is 5.48 Å². The minimum atomic E-state index is -1.90. The van der Waals surface area contributed by atoms with E-state index in [-0.39, 0.29) is 0 Å². The van der Waals surface area contributed by atoms with E-state index in [4.69, 9.17) is 10.3 Å². The summed E-state index contributed by atoms with van der Waals surface area (Å²) in [6, 6.07) is 0.505. The topological polar surface area (TPSA) is 69.6 Å². The molecule has 1 aromatic carbocycles. The lowest BCUT2D eigenvalue weighted by molar-refractivity contribution is 0.0685. The first kappa shape index (κ1) is 11.5. The van der Waals surface area contributed by atoms with E-state index in [0.717, 1.165) is 0 Å². The smallest absolute Gasteiger partial charge is 0.341 e. The largest absolute Gasteiger partial charge is 0.477 e. The molecule has 15 heavy (non-hydrogen) atoms. The minimum Gasteiger partial charge on any atom is -0.477 e. The summed E-state index contributed by atoms with van der Waals surface area (Å²) in [6.45, 7) is -0.528. The summed E-state index contributed by atoms with van der Waals surface area (Å²) >= 11 is 0. The molecule has 82 valence electrons. The molecular weight excluding hydrogens is 215 g/mol. The van der Waals surface area contributed by atoms with Crippen LogP contribution in [0.2, 0.25) is 0 Å². The van der Waals surface area contributed by atoms with Gasteiger partial charge in [0.05, 0.1) is 0 Å². The number of rotatable bonds is 3. The highest BCUT2D eigenvalue weighted by molar-refractivity contribution is 5.88. The Bertz CT molecular complexity index is 409. The van der Waals surface area contributed by atoms with E-state index >= 15 is 0 Å². The number of hydroxylamine groups is 1. The Morgan fingerprint density at radius 1 is 1.33 bits per heavy atom. The monoisotopic (exact) mass is 221 g/mol. The summed E-state index contributed by atoms with van der Waals surface area (Å²) in [5, 5.41) is 16.6. The summed E-state index contributed by atoms with van der Waals surface area (Å²) in [5.74, 6) is -6.58. The molecule has 0 heterocycles. The van der Waals surface area contributed by atoms with Gasteiger partial charge in [-0.3, -0.25) is 0 Å². The number of carbonyl (C=O) groups is 1. The highest BCUT2D eigenvalue weighted by Crippen LogP contribution is 2.20. The number of hydrogen-bond donors (Lipinski definition) is 3. The van der Waals surface area contributed by atoms with Crippen LogP contribution in [0.3, 0.4) is 0 Å². The van der Waals surface area contributed by atoms with Crippen LogP contribution in [0, 0.1) is 17.5 Å². The van der Waals surface area contributed by atoms with E-state index < -0.39 is 41.1 Å². The number of halogens is 3. The van der Waals surface area contributed by atoms with Crippen molar-refractivity contribution in [2.75, 3.05) is 0 Å². The van der Waals surface area contributed by atoms with Crippen LogP contribution >= 0.6 is 0 Å². The Morgan fingerprint density at radius 3 is 2.40 bits per heavy atom. The lowest BCUT2D eigenvalue weighted by atomic mass is 10.1. The number of benzene rings is 1. The maximum Gasteiger partial charge on any atom is 0.341 e. The summed E-state index contributed by atoms with van der Waals surface area (Å²) in [4.78, 5) is 10.4. The number of carboxylic acids is 1. The fourth-order valence-corrected chi connectivity index (χ4v) is 1.05. The van der Waals surface area contributed by atoms with Crippen LogP contribution in [-0.2, 0) is 6.54 Å². The summed E-state index contributed by atoms with van der Waals surface area (Å²) in [6.07, 6.45) is 0. The molecule has 7 heteroatoms. The van der Waals surface area contributed by atoms with E-state index in [1.165, 1.54) is 5.48 Å². The molecule has 0 aliphatic rings. The van der Waals surface area contributed by atoms with E-state index in [1.807, 2.05) is 0 Å². The van der Waals surface area contributed by atoms with E-state index in [2.05, 4.69) is 0 Å². The minimum absolute atomic E-state index is 0.502.